The first-order valence-corrected chi connectivity index (χ1v) is 10.00. The number of aliphatic hydroxyl groups is 1. The Hall–Kier alpha value is -2.92. The van der Waals surface area contributed by atoms with Gasteiger partial charge in [-0.15, -0.1) is 6.58 Å². The van der Waals surface area contributed by atoms with Gasteiger partial charge in [0.1, 0.15) is 11.4 Å². The SMILES string of the molecule is C=CCCC=CC=C(C)CCC(O)(c1cc(OC)c(OC)c(OC)c1)c1ccco1. The van der Waals surface area contributed by atoms with Crippen LogP contribution in [0.15, 0.2) is 71.4 Å². The molecule has 0 spiro atoms. The third-order valence-corrected chi connectivity index (χ3v) is 5.01. The molecule has 1 unspecified atom stereocenters. The van der Waals surface area contributed by atoms with Gasteiger partial charge in [0.25, 0.3) is 0 Å². The molecule has 0 radical (unpaired) electrons. The fraction of sp³-hybridized carbons (Fsp3) is 0.360. The van der Waals surface area contributed by atoms with Crippen molar-refractivity contribution in [1.29, 1.82) is 0 Å². The molecular weight excluding hydrogens is 380 g/mol. The Kier molecular flexibility index (Phi) is 8.81. The minimum atomic E-state index is -1.35. The zero-order valence-electron chi connectivity index (χ0n) is 18.3. The average Bonchev–Trinajstić information content (AvgIpc) is 3.31. The number of unbranched alkanes of at least 4 members (excludes halogenated alkanes) is 1. The molecule has 0 aliphatic rings. The summed E-state index contributed by atoms with van der Waals surface area (Å²) in [7, 11) is 4.66. The number of allylic oxidation sites excluding steroid dienone is 5. The molecule has 0 fully saturated rings. The van der Waals surface area contributed by atoms with Crippen LogP contribution < -0.4 is 14.2 Å². The van der Waals surface area contributed by atoms with Crippen molar-refractivity contribution in [1.82, 2.24) is 0 Å². The minimum absolute atomic E-state index is 0.433. The van der Waals surface area contributed by atoms with Crippen LogP contribution in [-0.4, -0.2) is 26.4 Å². The van der Waals surface area contributed by atoms with E-state index in [1.54, 1.807) is 51.9 Å². The van der Waals surface area contributed by atoms with Gasteiger partial charge in [-0.25, -0.2) is 0 Å². The van der Waals surface area contributed by atoms with Gasteiger partial charge in [0.15, 0.2) is 11.5 Å². The van der Waals surface area contributed by atoms with E-state index >= 15 is 0 Å². The summed E-state index contributed by atoms with van der Waals surface area (Å²) >= 11 is 0. The van der Waals surface area contributed by atoms with Crippen molar-refractivity contribution in [2.45, 2.75) is 38.2 Å². The Labute approximate surface area is 179 Å². The molecular formula is C25H32O5. The summed E-state index contributed by atoms with van der Waals surface area (Å²) in [5.41, 5.74) is 0.418. The summed E-state index contributed by atoms with van der Waals surface area (Å²) in [5.74, 6) is 1.90. The van der Waals surface area contributed by atoms with Gasteiger partial charge in [0.05, 0.1) is 27.6 Å². The van der Waals surface area contributed by atoms with E-state index < -0.39 is 5.60 Å². The number of furan rings is 1. The second kappa shape index (κ2) is 11.3. The predicted octanol–water partition coefficient (Wildman–Crippen LogP) is 5.79. The van der Waals surface area contributed by atoms with Crippen LogP contribution in [-0.2, 0) is 5.60 Å². The van der Waals surface area contributed by atoms with Crippen molar-refractivity contribution in [2.24, 2.45) is 0 Å². The maximum absolute atomic E-state index is 11.7. The Bertz CT molecular complexity index is 839. The molecule has 0 saturated heterocycles. The number of rotatable bonds is 12. The molecule has 30 heavy (non-hydrogen) atoms. The molecule has 1 heterocycles. The van der Waals surface area contributed by atoms with Crippen LogP contribution in [0.2, 0.25) is 0 Å². The largest absolute Gasteiger partial charge is 0.493 e. The fourth-order valence-corrected chi connectivity index (χ4v) is 3.25. The molecule has 0 bridgehead atoms. The standard InChI is InChI=1S/C25H32O5/c1-6-7-8-9-10-12-19(2)14-15-25(26,23-13-11-16-30-23)20-17-21(27-3)24(29-5)22(18-20)28-4/h6,9-13,16-18,26H,1,7-8,14-15H2,2-5H3. The van der Waals surface area contributed by atoms with Crippen LogP contribution in [0.3, 0.4) is 0 Å². The summed E-state index contributed by atoms with van der Waals surface area (Å²) in [6.45, 7) is 5.78. The highest BCUT2D eigenvalue weighted by Crippen LogP contribution is 2.44. The molecule has 1 N–H and O–H groups in total. The summed E-state index contributed by atoms with van der Waals surface area (Å²) in [5, 5.41) is 11.7. The van der Waals surface area contributed by atoms with Gasteiger partial charge >= 0.3 is 0 Å². The van der Waals surface area contributed by atoms with Crippen molar-refractivity contribution in [3.8, 4) is 17.2 Å². The fourth-order valence-electron chi connectivity index (χ4n) is 3.25. The third-order valence-electron chi connectivity index (χ3n) is 5.01. The number of methoxy groups -OCH3 is 3. The quantitative estimate of drug-likeness (QED) is 0.272. The Balaban J connectivity index is 2.36. The van der Waals surface area contributed by atoms with Crippen molar-refractivity contribution in [3.05, 3.63) is 78.3 Å². The molecule has 162 valence electrons. The second-order valence-corrected chi connectivity index (χ2v) is 7.06. The summed E-state index contributed by atoms with van der Waals surface area (Å²) in [4.78, 5) is 0. The van der Waals surface area contributed by atoms with Gasteiger partial charge in [-0.1, -0.05) is 29.9 Å². The molecule has 0 aliphatic carbocycles. The highest BCUT2D eigenvalue weighted by Gasteiger charge is 2.36. The molecule has 0 saturated carbocycles. The van der Waals surface area contributed by atoms with E-state index in [1.807, 2.05) is 12.2 Å². The van der Waals surface area contributed by atoms with Crippen LogP contribution in [0.5, 0.6) is 17.2 Å². The van der Waals surface area contributed by atoms with Gasteiger partial charge in [-0.05, 0) is 62.4 Å². The van der Waals surface area contributed by atoms with Gasteiger partial charge in [0, 0.05) is 0 Å². The molecule has 0 amide bonds. The zero-order chi connectivity index (χ0) is 22.0. The predicted molar refractivity (Wildman–Crippen MR) is 119 cm³/mol. The van der Waals surface area contributed by atoms with Crippen LogP contribution in [0.25, 0.3) is 0 Å². The lowest BCUT2D eigenvalue weighted by molar-refractivity contribution is 0.0474. The normalized spacial score (nSPS) is 13.8. The number of hydrogen-bond acceptors (Lipinski definition) is 5. The topological polar surface area (TPSA) is 61.1 Å². The minimum Gasteiger partial charge on any atom is -0.493 e. The van der Waals surface area contributed by atoms with Crippen LogP contribution in [0.1, 0.15) is 43.9 Å². The van der Waals surface area contributed by atoms with Crippen molar-refractivity contribution in [3.63, 3.8) is 0 Å². The van der Waals surface area contributed by atoms with E-state index in [0.29, 0.717) is 41.4 Å². The van der Waals surface area contributed by atoms with E-state index in [0.717, 1.165) is 18.4 Å². The summed E-state index contributed by atoms with van der Waals surface area (Å²) in [6, 6.07) is 7.07. The highest BCUT2D eigenvalue weighted by atomic mass is 16.5. The number of ether oxygens (including phenoxy) is 3. The molecule has 1 aromatic heterocycles. The first kappa shape index (κ1) is 23.4. The summed E-state index contributed by atoms with van der Waals surface area (Å²) in [6.07, 6.45) is 12.7. The van der Waals surface area contributed by atoms with E-state index in [4.69, 9.17) is 18.6 Å². The zero-order valence-corrected chi connectivity index (χ0v) is 18.3. The number of benzene rings is 1. The molecule has 5 nitrogen and oxygen atoms in total. The molecule has 5 heteroatoms. The van der Waals surface area contributed by atoms with E-state index in [-0.39, 0.29) is 0 Å². The smallest absolute Gasteiger partial charge is 0.203 e. The Morgan fingerprint density at radius 3 is 2.37 bits per heavy atom. The van der Waals surface area contributed by atoms with Crippen LogP contribution >= 0.6 is 0 Å². The average molecular weight is 413 g/mol. The monoisotopic (exact) mass is 412 g/mol. The first-order chi connectivity index (χ1) is 14.5. The molecule has 0 aliphatic heterocycles. The summed E-state index contributed by atoms with van der Waals surface area (Å²) < 4.78 is 22.0. The maximum Gasteiger partial charge on any atom is 0.203 e. The molecule has 1 atom stereocenters. The lowest BCUT2D eigenvalue weighted by Crippen LogP contribution is -2.27. The lowest BCUT2D eigenvalue weighted by Gasteiger charge is -2.28. The first-order valence-electron chi connectivity index (χ1n) is 10.00. The lowest BCUT2D eigenvalue weighted by atomic mass is 9.85. The van der Waals surface area contributed by atoms with E-state index in [1.165, 1.54) is 0 Å². The Morgan fingerprint density at radius 2 is 1.83 bits per heavy atom. The molecule has 2 aromatic rings. The molecule has 2 rings (SSSR count). The molecule has 1 aromatic carbocycles. The van der Waals surface area contributed by atoms with E-state index in [2.05, 4.69) is 25.7 Å². The number of hydrogen-bond donors (Lipinski definition) is 1. The van der Waals surface area contributed by atoms with Gasteiger partial charge in [-0.3, -0.25) is 0 Å². The maximum atomic E-state index is 11.7. The van der Waals surface area contributed by atoms with Crippen LogP contribution in [0, 0.1) is 0 Å². The van der Waals surface area contributed by atoms with Gasteiger partial charge < -0.3 is 23.7 Å². The second-order valence-electron chi connectivity index (χ2n) is 7.06. The van der Waals surface area contributed by atoms with Crippen molar-refractivity contribution >= 4 is 0 Å². The van der Waals surface area contributed by atoms with Crippen LogP contribution in [0.4, 0.5) is 0 Å². The van der Waals surface area contributed by atoms with E-state index in [9.17, 15) is 5.11 Å². The van der Waals surface area contributed by atoms with Gasteiger partial charge in [-0.2, -0.15) is 0 Å². The Morgan fingerprint density at radius 1 is 1.13 bits per heavy atom. The van der Waals surface area contributed by atoms with Crippen molar-refractivity contribution < 1.29 is 23.7 Å². The highest BCUT2D eigenvalue weighted by molar-refractivity contribution is 5.56. The third kappa shape index (κ3) is 5.57. The van der Waals surface area contributed by atoms with Crippen molar-refractivity contribution in [2.75, 3.05) is 21.3 Å². The van der Waals surface area contributed by atoms with Gasteiger partial charge in [0.2, 0.25) is 5.75 Å².